The topological polar surface area (TPSA) is 132 Å². The van der Waals surface area contributed by atoms with E-state index in [9.17, 15) is 23.6 Å². The minimum absolute atomic E-state index is 0.0475. The molecule has 0 aromatic carbocycles. The number of hydrogen-bond donors (Lipinski definition) is 1. The maximum absolute atomic E-state index is 15.1. The number of ether oxygens (including phenoxy) is 1. The van der Waals surface area contributed by atoms with E-state index in [-0.39, 0.29) is 52.4 Å². The van der Waals surface area contributed by atoms with E-state index in [1.54, 1.807) is 4.90 Å². The van der Waals surface area contributed by atoms with Crippen molar-refractivity contribution in [2.45, 2.75) is 25.3 Å². The van der Waals surface area contributed by atoms with E-state index in [0.717, 1.165) is 25.0 Å². The summed E-state index contributed by atoms with van der Waals surface area (Å²) in [6.07, 6.45) is 5.23. The van der Waals surface area contributed by atoms with E-state index < -0.39 is 47.4 Å². The van der Waals surface area contributed by atoms with Crippen molar-refractivity contribution < 1.29 is 32.7 Å². The molecule has 9 nitrogen and oxygen atoms in total. The van der Waals surface area contributed by atoms with Crippen LogP contribution in [0.3, 0.4) is 0 Å². The van der Waals surface area contributed by atoms with Gasteiger partial charge >= 0.3 is 5.97 Å². The lowest BCUT2D eigenvalue weighted by Gasteiger charge is -2.41. The monoisotopic (exact) mass is 554 g/mol. The highest BCUT2D eigenvalue weighted by Gasteiger charge is 2.62. The summed E-state index contributed by atoms with van der Waals surface area (Å²) >= 11 is 6.37. The molecule has 2 aliphatic carbocycles. The van der Waals surface area contributed by atoms with E-state index in [0.29, 0.717) is 17.6 Å². The Morgan fingerprint density at radius 1 is 1.21 bits per heavy atom. The second-order valence-electron chi connectivity index (χ2n) is 10.2. The van der Waals surface area contributed by atoms with Gasteiger partial charge in [-0.2, -0.15) is 4.39 Å². The molecular weight excluding hydrogens is 534 g/mol. The second-order valence-corrected chi connectivity index (χ2v) is 10.6. The predicted octanol–water partition coefficient (Wildman–Crippen LogP) is 2.78. The third kappa shape index (κ3) is 4.12. The molecule has 0 bridgehead atoms. The normalized spacial score (nSPS) is 24.9. The fraction of sp³-hybridized carbons (Fsp3) is 0.333. The summed E-state index contributed by atoms with van der Waals surface area (Å²) in [5.41, 5.74) is 5.68. The van der Waals surface area contributed by atoms with Gasteiger partial charge in [-0.1, -0.05) is 11.6 Å². The van der Waals surface area contributed by atoms with Crippen LogP contribution < -0.4 is 5.73 Å². The number of nitrogen functional groups attached to an aromatic ring is 1. The molecule has 1 aromatic rings. The first-order chi connectivity index (χ1) is 18.6. The summed E-state index contributed by atoms with van der Waals surface area (Å²) in [6, 6.07) is 2.00. The molecule has 2 N–H and O–H groups in total. The third-order valence-corrected chi connectivity index (χ3v) is 8.16. The zero-order valence-corrected chi connectivity index (χ0v) is 21.1. The molecule has 4 heterocycles. The average molecular weight is 555 g/mol. The molecule has 2 unspecified atom stereocenters. The molecule has 1 saturated carbocycles. The number of anilines is 1. The molecule has 12 heteroatoms. The van der Waals surface area contributed by atoms with Gasteiger partial charge in [-0.3, -0.25) is 24.2 Å². The van der Waals surface area contributed by atoms with Gasteiger partial charge < -0.3 is 15.4 Å². The molecule has 1 saturated heterocycles. The fourth-order valence-electron chi connectivity index (χ4n) is 6.03. The number of carbonyl (C=O) groups excluding carboxylic acids is 4. The lowest BCUT2D eigenvalue weighted by Crippen LogP contribution is -2.49. The van der Waals surface area contributed by atoms with E-state index >= 15 is 4.39 Å². The quantitative estimate of drug-likeness (QED) is 0.344. The molecule has 2 fully saturated rings. The van der Waals surface area contributed by atoms with Crippen LogP contribution in [-0.4, -0.2) is 65.3 Å². The summed E-state index contributed by atoms with van der Waals surface area (Å²) in [6.45, 7) is -0.840. The third-order valence-electron chi connectivity index (χ3n) is 7.87. The van der Waals surface area contributed by atoms with E-state index in [1.807, 2.05) is 0 Å². The number of pyridine rings is 1. The molecule has 6 rings (SSSR count). The van der Waals surface area contributed by atoms with Crippen LogP contribution in [0.2, 0.25) is 0 Å². The van der Waals surface area contributed by atoms with Crippen LogP contribution in [0.15, 0.2) is 62.4 Å². The number of amides is 1. The number of aromatic nitrogens is 1. The van der Waals surface area contributed by atoms with Gasteiger partial charge in [0.15, 0.2) is 12.4 Å². The number of rotatable bonds is 4. The lowest BCUT2D eigenvalue weighted by molar-refractivity contribution is -0.147. The largest absolute Gasteiger partial charge is 0.457 e. The van der Waals surface area contributed by atoms with Crippen molar-refractivity contribution in [1.29, 1.82) is 0 Å². The van der Waals surface area contributed by atoms with Gasteiger partial charge in [0, 0.05) is 36.2 Å². The van der Waals surface area contributed by atoms with Crippen LogP contribution in [0, 0.1) is 17.3 Å². The number of ketones is 2. The van der Waals surface area contributed by atoms with Crippen molar-refractivity contribution in [2.75, 3.05) is 25.4 Å². The Bertz CT molecular complexity index is 1540. The van der Waals surface area contributed by atoms with Crippen molar-refractivity contribution in [3.8, 4) is 0 Å². The Balaban J connectivity index is 1.41. The summed E-state index contributed by atoms with van der Waals surface area (Å²) in [7, 11) is 0. The molecular formula is C27H21ClF2N4O5. The van der Waals surface area contributed by atoms with Gasteiger partial charge in [-0.05, 0) is 47.8 Å². The van der Waals surface area contributed by atoms with Crippen molar-refractivity contribution >= 4 is 47.1 Å². The number of esters is 1. The van der Waals surface area contributed by atoms with Gasteiger partial charge in [0.1, 0.15) is 17.6 Å². The van der Waals surface area contributed by atoms with Crippen molar-refractivity contribution in [3.63, 3.8) is 0 Å². The zero-order valence-electron chi connectivity index (χ0n) is 20.4. The van der Waals surface area contributed by atoms with Gasteiger partial charge in [-0.25, -0.2) is 9.37 Å². The van der Waals surface area contributed by atoms with Crippen molar-refractivity contribution in [2.24, 2.45) is 16.3 Å². The molecule has 39 heavy (non-hydrogen) atoms. The summed E-state index contributed by atoms with van der Waals surface area (Å²) in [4.78, 5) is 61.0. The number of nitrogens with two attached hydrogens (primary N) is 1. The van der Waals surface area contributed by atoms with Gasteiger partial charge in [0.25, 0.3) is 0 Å². The van der Waals surface area contributed by atoms with Gasteiger partial charge in [-0.15, -0.1) is 0 Å². The second kappa shape index (κ2) is 9.04. The number of Topliss-reactive ketones (excluding diaryl/α,β-unsaturated/α-hetero) is 1. The Kier molecular flexibility index (Phi) is 5.87. The molecule has 200 valence electrons. The standard InChI is InChI=1S/C27H21ClF2N4O5/c28-17-9-32-8-15-22(14-5-12(35)6-18(29)23(14)17)16(10-34-21(37)7-27(3-4-27)24(15)34)26(38)39-11-19(36)13-1-2-20(31)33-25(13)30/h1-2,5-6,9,16,24H,3-4,7-8,10-11H2,(H2,31,33). The number of allylic oxidation sites excluding steroid dienone is 6. The zero-order chi connectivity index (χ0) is 27.6. The Labute approximate surface area is 225 Å². The number of fused-ring (bicyclic) bond motifs is 5. The highest BCUT2D eigenvalue weighted by molar-refractivity contribution is 6.40. The highest BCUT2D eigenvalue weighted by Crippen LogP contribution is 2.62. The Hall–Kier alpha value is -3.99. The molecule has 3 aliphatic heterocycles. The number of carbonyl (C=O) groups is 4. The van der Waals surface area contributed by atoms with E-state index in [2.05, 4.69) is 9.98 Å². The van der Waals surface area contributed by atoms with Gasteiger partial charge in [0.05, 0.1) is 23.2 Å². The first-order valence-corrected chi connectivity index (χ1v) is 12.7. The smallest absolute Gasteiger partial charge is 0.315 e. The average Bonchev–Trinajstić information content (AvgIpc) is 3.58. The molecule has 1 spiro atoms. The summed E-state index contributed by atoms with van der Waals surface area (Å²) in [5.74, 6) is -5.77. The number of nitrogens with zero attached hydrogens (tertiary/aromatic N) is 3. The van der Waals surface area contributed by atoms with Crippen LogP contribution in [0.5, 0.6) is 0 Å². The van der Waals surface area contributed by atoms with E-state index in [4.69, 9.17) is 22.1 Å². The molecule has 5 aliphatic rings. The molecule has 0 radical (unpaired) electrons. The minimum atomic E-state index is -1.17. The molecule has 1 aromatic heterocycles. The van der Waals surface area contributed by atoms with Crippen LogP contribution in [0.1, 0.15) is 29.6 Å². The first kappa shape index (κ1) is 25.3. The first-order valence-electron chi connectivity index (χ1n) is 12.3. The minimum Gasteiger partial charge on any atom is -0.457 e. The number of hydrogen-bond acceptors (Lipinski definition) is 8. The SMILES string of the molecule is Nc1ccc(C(=O)COC(=O)C2CN3C(=O)CC4(CC4)C3C3=C2C2=CC(=O)C=C(F)C2=C(Cl)C=NC3)c(F)n1. The Morgan fingerprint density at radius 3 is 2.69 bits per heavy atom. The van der Waals surface area contributed by atoms with Crippen LogP contribution >= 0.6 is 11.6 Å². The predicted molar refractivity (Wildman–Crippen MR) is 135 cm³/mol. The maximum atomic E-state index is 15.1. The summed E-state index contributed by atoms with van der Waals surface area (Å²) in [5, 5.41) is -0.0475. The molecule has 1 amide bonds. The van der Waals surface area contributed by atoms with Crippen LogP contribution in [0.4, 0.5) is 14.6 Å². The number of halogens is 3. The van der Waals surface area contributed by atoms with Crippen LogP contribution in [0.25, 0.3) is 0 Å². The van der Waals surface area contributed by atoms with Gasteiger partial charge in [0.2, 0.25) is 17.6 Å². The number of aliphatic imine (C=N–C) groups is 1. The maximum Gasteiger partial charge on any atom is 0.315 e. The molecule has 2 atom stereocenters. The fourth-order valence-corrected chi connectivity index (χ4v) is 6.29. The van der Waals surface area contributed by atoms with Crippen molar-refractivity contribution in [1.82, 2.24) is 9.88 Å². The Morgan fingerprint density at radius 2 is 1.97 bits per heavy atom. The van der Waals surface area contributed by atoms with E-state index in [1.165, 1.54) is 18.4 Å². The van der Waals surface area contributed by atoms with Crippen LogP contribution in [-0.2, 0) is 19.1 Å². The van der Waals surface area contributed by atoms with Crippen molar-refractivity contribution in [3.05, 3.63) is 68.9 Å². The lowest BCUT2D eigenvalue weighted by atomic mass is 9.74. The highest BCUT2D eigenvalue weighted by atomic mass is 35.5. The summed E-state index contributed by atoms with van der Waals surface area (Å²) < 4.78 is 34.6.